The molecule has 4 heteroatoms. The van der Waals surface area contributed by atoms with Crippen LogP contribution >= 0.6 is 0 Å². The fourth-order valence-electron chi connectivity index (χ4n) is 2.34. The first-order valence-corrected chi connectivity index (χ1v) is 6.26. The van der Waals surface area contributed by atoms with E-state index in [-0.39, 0.29) is 5.82 Å². The van der Waals surface area contributed by atoms with Gasteiger partial charge in [-0.3, -0.25) is 4.90 Å². The Bertz CT molecular complexity index is 467. The highest BCUT2D eigenvalue weighted by Gasteiger charge is 2.23. The summed E-state index contributed by atoms with van der Waals surface area (Å²) in [5.74, 6) is -0.278. The molecule has 1 saturated heterocycles. The summed E-state index contributed by atoms with van der Waals surface area (Å²) in [6.07, 6.45) is 0. The SMILES string of the molecule is CC1CN(Cc2cc(F)ccc2C#N)C(C)CN1. The highest BCUT2D eigenvalue weighted by Crippen LogP contribution is 2.16. The number of nitrogens with one attached hydrogen (secondary N) is 1. The van der Waals surface area contributed by atoms with E-state index in [1.54, 1.807) is 6.07 Å². The van der Waals surface area contributed by atoms with E-state index in [1.807, 2.05) is 0 Å². The molecule has 1 aliphatic heterocycles. The van der Waals surface area contributed by atoms with Gasteiger partial charge in [-0.15, -0.1) is 0 Å². The summed E-state index contributed by atoms with van der Waals surface area (Å²) >= 11 is 0. The maximum atomic E-state index is 13.3. The molecule has 1 aromatic rings. The summed E-state index contributed by atoms with van der Waals surface area (Å²) in [5, 5.41) is 12.5. The van der Waals surface area contributed by atoms with Gasteiger partial charge in [-0.2, -0.15) is 5.26 Å². The number of hydrogen-bond donors (Lipinski definition) is 1. The van der Waals surface area contributed by atoms with Crippen molar-refractivity contribution in [3.05, 3.63) is 35.1 Å². The Hall–Kier alpha value is -1.44. The Labute approximate surface area is 107 Å². The normalized spacial score (nSPS) is 24.8. The zero-order chi connectivity index (χ0) is 13.1. The second-order valence-electron chi connectivity index (χ2n) is 5.00. The van der Waals surface area contributed by atoms with E-state index in [9.17, 15) is 4.39 Å². The Morgan fingerprint density at radius 2 is 2.28 bits per heavy atom. The number of rotatable bonds is 2. The Morgan fingerprint density at radius 1 is 1.50 bits per heavy atom. The molecule has 0 aromatic heterocycles. The molecule has 1 aromatic carbocycles. The van der Waals surface area contributed by atoms with Gasteiger partial charge >= 0.3 is 0 Å². The highest BCUT2D eigenvalue weighted by molar-refractivity contribution is 5.37. The summed E-state index contributed by atoms with van der Waals surface area (Å²) in [7, 11) is 0. The number of hydrogen-bond acceptors (Lipinski definition) is 3. The largest absolute Gasteiger partial charge is 0.311 e. The van der Waals surface area contributed by atoms with Crippen LogP contribution in [-0.2, 0) is 6.54 Å². The molecule has 0 bridgehead atoms. The van der Waals surface area contributed by atoms with E-state index < -0.39 is 0 Å². The van der Waals surface area contributed by atoms with E-state index in [0.29, 0.717) is 24.2 Å². The lowest BCUT2D eigenvalue weighted by Crippen LogP contribution is -2.53. The lowest BCUT2D eigenvalue weighted by molar-refractivity contribution is 0.138. The van der Waals surface area contributed by atoms with Gasteiger partial charge in [0.2, 0.25) is 0 Å². The van der Waals surface area contributed by atoms with Crippen molar-refractivity contribution in [2.24, 2.45) is 0 Å². The van der Waals surface area contributed by atoms with Gasteiger partial charge in [-0.25, -0.2) is 4.39 Å². The van der Waals surface area contributed by atoms with Crippen LogP contribution in [0, 0.1) is 17.1 Å². The quantitative estimate of drug-likeness (QED) is 0.867. The first-order chi connectivity index (χ1) is 8.60. The van der Waals surface area contributed by atoms with Gasteiger partial charge in [0.1, 0.15) is 5.82 Å². The number of nitrogens with zero attached hydrogens (tertiary/aromatic N) is 2. The molecule has 1 N–H and O–H groups in total. The van der Waals surface area contributed by atoms with Crippen molar-refractivity contribution >= 4 is 0 Å². The molecule has 0 radical (unpaired) electrons. The van der Waals surface area contributed by atoms with Crippen molar-refractivity contribution in [1.29, 1.82) is 5.26 Å². The van der Waals surface area contributed by atoms with Crippen LogP contribution in [0.2, 0.25) is 0 Å². The molecule has 18 heavy (non-hydrogen) atoms. The molecule has 0 saturated carbocycles. The summed E-state index contributed by atoms with van der Waals surface area (Å²) in [4.78, 5) is 2.29. The van der Waals surface area contributed by atoms with Gasteiger partial charge in [0.15, 0.2) is 0 Å². The van der Waals surface area contributed by atoms with Crippen molar-refractivity contribution in [3.63, 3.8) is 0 Å². The maximum Gasteiger partial charge on any atom is 0.123 e. The molecule has 2 atom stereocenters. The Morgan fingerprint density at radius 3 is 3.00 bits per heavy atom. The Kier molecular flexibility index (Phi) is 3.95. The molecule has 0 amide bonds. The van der Waals surface area contributed by atoms with E-state index in [1.165, 1.54) is 12.1 Å². The van der Waals surface area contributed by atoms with Crippen LogP contribution in [-0.4, -0.2) is 30.1 Å². The monoisotopic (exact) mass is 247 g/mol. The minimum atomic E-state index is -0.278. The highest BCUT2D eigenvalue weighted by atomic mass is 19.1. The predicted octanol–water partition coefficient (Wildman–Crippen LogP) is 1.88. The van der Waals surface area contributed by atoms with Crippen molar-refractivity contribution in [2.75, 3.05) is 13.1 Å². The van der Waals surface area contributed by atoms with Crippen LogP contribution in [0.1, 0.15) is 25.0 Å². The second-order valence-corrected chi connectivity index (χ2v) is 5.00. The summed E-state index contributed by atoms with van der Waals surface area (Å²) in [6, 6.07) is 7.33. The lowest BCUT2D eigenvalue weighted by atomic mass is 10.0. The molecule has 2 rings (SSSR count). The predicted molar refractivity (Wildman–Crippen MR) is 68.5 cm³/mol. The van der Waals surface area contributed by atoms with Gasteiger partial charge in [-0.05, 0) is 37.6 Å². The van der Waals surface area contributed by atoms with Crippen LogP contribution in [0.25, 0.3) is 0 Å². The minimum Gasteiger partial charge on any atom is -0.311 e. The van der Waals surface area contributed by atoms with Crippen molar-refractivity contribution in [2.45, 2.75) is 32.5 Å². The van der Waals surface area contributed by atoms with Crippen LogP contribution in [0.5, 0.6) is 0 Å². The van der Waals surface area contributed by atoms with Gasteiger partial charge in [0.05, 0.1) is 11.6 Å². The van der Waals surface area contributed by atoms with Gasteiger partial charge < -0.3 is 5.32 Å². The molecule has 3 nitrogen and oxygen atoms in total. The van der Waals surface area contributed by atoms with Gasteiger partial charge in [-0.1, -0.05) is 0 Å². The molecule has 2 unspecified atom stereocenters. The van der Waals surface area contributed by atoms with Gasteiger partial charge in [0, 0.05) is 31.7 Å². The van der Waals surface area contributed by atoms with Crippen LogP contribution in [0.15, 0.2) is 18.2 Å². The molecule has 1 fully saturated rings. The van der Waals surface area contributed by atoms with E-state index in [2.05, 4.69) is 30.1 Å². The summed E-state index contributed by atoms with van der Waals surface area (Å²) in [5.41, 5.74) is 1.34. The lowest BCUT2D eigenvalue weighted by Gasteiger charge is -2.37. The van der Waals surface area contributed by atoms with E-state index in [4.69, 9.17) is 5.26 Å². The smallest absolute Gasteiger partial charge is 0.123 e. The Balaban J connectivity index is 2.17. The number of piperazine rings is 1. The first-order valence-electron chi connectivity index (χ1n) is 6.26. The fourth-order valence-corrected chi connectivity index (χ4v) is 2.34. The zero-order valence-electron chi connectivity index (χ0n) is 10.8. The molecule has 0 spiro atoms. The van der Waals surface area contributed by atoms with E-state index in [0.717, 1.165) is 18.7 Å². The fraction of sp³-hybridized carbons (Fsp3) is 0.500. The van der Waals surface area contributed by atoms with Crippen molar-refractivity contribution < 1.29 is 4.39 Å². The zero-order valence-corrected chi connectivity index (χ0v) is 10.8. The van der Waals surface area contributed by atoms with Crippen LogP contribution < -0.4 is 5.32 Å². The average Bonchev–Trinajstić information content (AvgIpc) is 2.34. The molecule has 0 aliphatic carbocycles. The molecule has 96 valence electrons. The third kappa shape index (κ3) is 2.87. The maximum absolute atomic E-state index is 13.3. The molecule has 1 aliphatic rings. The minimum absolute atomic E-state index is 0.278. The molecule has 1 heterocycles. The topological polar surface area (TPSA) is 39.1 Å². The van der Waals surface area contributed by atoms with Crippen LogP contribution in [0.3, 0.4) is 0 Å². The summed E-state index contributed by atoms with van der Waals surface area (Å²) in [6.45, 7) is 6.76. The van der Waals surface area contributed by atoms with Crippen LogP contribution in [0.4, 0.5) is 4.39 Å². The van der Waals surface area contributed by atoms with Gasteiger partial charge in [0.25, 0.3) is 0 Å². The van der Waals surface area contributed by atoms with E-state index >= 15 is 0 Å². The van der Waals surface area contributed by atoms with Crippen molar-refractivity contribution in [3.8, 4) is 6.07 Å². The standard InChI is InChI=1S/C14H18FN3/c1-10-8-18(11(2)7-17-10)9-13-5-14(15)4-3-12(13)6-16/h3-5,10-11,17H,7-9H2,1-2H3. The number of halogens is 1. The second kappa shape index (κ2) is 5.47. The first kappa shape index (κ1) is 13.0. The third-order valence-electron chi connectivity index (χ3n) is 3.45. The molecular weight excluding hydrogens is 229 g/mol. The number of nitriles is 1. The van der Waals surface area contributed by atoms with Crippen molar-refractivity contribution in [1.82, 2.24) is 10.2 Å². The summed E-state index contributed by atoms with van der Waals surface area (Å²) < 4.78 is 13.3. The average molecular weight is 247 g/mol. The third-order valence-corrected chi connectivity index (χ3v) is 3.45. The number of benzene rings is 1. The molecular formula is C14H18FN3.